The number of H-pyrrole nitrogens is 1. The Labute approximate surface area is 665 Å². The highest BCUT2D eigenvalue weighted by Gasteiger charge is 2.44. The van der Waals surface area contributed by atoms with Gasteiger partial charge in [0.05, 0.1) is 32.4 Å². The zero-order chi connectivity index (χ0) is 87.4. The maximum absolute atomic E-state index is 15.0. The van der Waals surface area contributed by atoms with Crippen molar-refractivity contribution in [3.63, 3.8) is 0 Å². The predicted octanol–water partition coefficient (Wildman–Crippen LogP) is -6.48. The van der Waals surface area contributed by atoms with Gasteiger partial charge in [-0.3, -0.25) is 86.3 Å². The lowest BCUT2D eigenvalue weighted by Gasteiger charge is -2.33. The molecule has 16 unspecified atom stereocenters. The lowest BCUT2D eigenvalue weighted by atomic mass is 9.94. The van der Waals surface area contributed by atoms with E-state index in [1.54, 1.807) is 30.5 Å². The number of aromatic nitrogens is 1. The number of unbranched alkanes of at least 4 members (excludes halogenated alkanes) is 7. The lowest BCUT2D eigenvalue weighted by Crippen LogP contribution is -2.64. The number of rotatable bonds is 37. The average molecular weight is 1640 g/mol. The molecule has 16 atom stereocenters. The number of aromatic amines is 1. The molecular weight excluding hydrogens is 1530 g/mol. The Kier molecular flexibility index (Phi) is 41.5. The topological polar surface area (TPSA) is 713 Å². The first-order valence-electron chi connectivity index (χ1n) is 37.7. The van der Waals surface area contributed by atoms with Crippen LogP contribution in [0.3, 0.4) is 0 Å². The molecule has 1 saturated heterocycles. The minimum absolute atomic E-state index is 0.0133. The van der Waals surface area contributed by atoms with Crippen LogP contribution in [0.5, 0.6) is 0 Å². The molecule has 15 amide bonds. The van der Waals surface area contributed by atoms with Crippen molar-refractivity contribution in [1.82, 2.24) is 73.7 Å². The molecular formula is C72H109N17O27. The third-order valence-electron chi connectivity index (χ3n) is 18.7. The summed E-state index contributed by atoms with van der Waals surface area (Å²) in [4.78, 5) is 277. The van der Waals surface area contributed by atoms with E-state index in [1.165, 1.54) is 13.8 Å². The van der Waals surface area contributed by atoms with Crippen molar-refractivity contribution >= 4 is 129 Å². The average Bonchev–Trinajstić information content (AvgIpc) is 1.57. The number of nitrogens with one attached hydrogen (secondary N) is 13. The quantitative estimate of drug-likeness (QED) is 0.0221. The van der Waals surface area contributed by atoms with Gasteiger partial charge in [-0.05, 0) is 76.0 Å². The van der Waals surface area contributed by atoms with Gasteiger partial charge in [0.15, 0.2) is 12.2 Å². The molecule has 2 heterocycles. The van der Waals surface area contributed by atoms with E-state index in [0.717, 1.165) is 59.9 Å². The number of fused-ring (bicyclic) bond motifs is 1. The van der Waals surface area contributed by atoms with Gasteiger partial charge in [-0.25, -0.2) is 9.59 Å². The molecule has 1 aliphatic heterocycles. The molecule has 0 spiro atoms. The standard InChI is InChI=1S/C72H109N17O27/c1-8-10-11-12-13-14-15-23-47(91)79-43(28-38-31-76-40-21-17-16-20-39(38)40)64(106)82-42(24-25-50(94)95)63(105)87-56(58(100)60(75)102)69(111)86-55-37(6)116-72(115)54(34(3)9-2)85-68(110)53(35(4)27-51(96)97)84-66(108)44(29-46(74)90)80-48(92)32-77-67(109)57(59(101)71(113)114)88-62(104)41(22-18-19-26-73)81-65(107)45(30-52(98)99)83-61(103)36(5)78-49(93)33-89(7)70(55)112/h16-17,20-21,31,34-37,41-45,53-59,76,100-101H,8-15,18-19,22-30,32-33,73H2,1-7H3,(H2,74,90)(H2,75,102)(H,77,109)(H,78,93)(H,79,91)(H,80,92)(H,81,107)(H,82,106)(H,83,103)(H,84,108)(H,85,110)(H,86,111)(H,87,105)(H,88,104)(H,94,95)(H,96,97)(H,98,99)(H,113,114). The molecule has 644 valence electrons. The zero-order valence-electron chi connectivity index (χ0n) is 65.4. The summed E-state index contributed by atoms with van der Waals surface area (Å²) in [7, 11) is 0.889. The molecule has 1 aliphatic rings. The number of primary amides is 2. The van der Waals surface area contributed by atoms with Gasteiger partial charge in [0.25, 0.3) is 0 Å². The zero-order valence-corrected chi connectivity index (χ0v) is 65.4. The monoisotopic (exact) mass is 1640 g/mol. The van der Waals surface area contributed by atoms with Gasteiger partial charge in [-0.1, -0.05) is 90.8 Å². The van der Waals surface area contributed by atoms with E-state index < -0.39 is 267 Å². The summed E-state index contributed by atoms with van der Waals surface area (Å²) in [5.41, 5.74) is 17.7. The number of cyclic esters (lactones) is 1. The van der Waals surface area contributed by atoms with E-state index in [4.69, 9.17) is 21.9 Å². The number of carbonyl (C=O) groups is 20. The first kappa shape index (κ1) is 98.2. The summed E-state index contributed by atoms with van der Waals surface area (Å²) in [6.45, 7) is 5.52. The van der Waals surface area contributed by atoms with Gasteiger partial charge in [-0.15, -0.1) is 0 Å². The first-order chi connectivity index (χ1) is 54.5. The minimum atomic E-state index is -2.84. The molecule has 1 fully saturated rings. The number of carboxylic acid groups (broad SMARTS) is 4. The first-order valence-corrected chi connectivity index (χ1v) is 37.7. The molecule has 0 radical (unpaired) electrons. The highest BCUT2D eigenvalue weighted by Crippen LogP contribution is 2.22. The number of benzene rings is 1. The number of nitrogens with two attached hydrogens (primary N) is 3. The maximum atomic E-state index is 15.0. The number of hydrogen-bond acceptors (Lipinski definition) is 24. The van der Waals surface area contributed by atoms with E-state index in [0.29, 0.717) is 34.2 Å². The van der Waals surface area contributed by atoms with Crippen molar-refractivity contribution in [3.05, 3.63) is 36.0 Å². The Morgan fingerprint density at radius 1 is 0.603 bits per heavy atom. The van der Waals surface area contributed by atoms with Crippen LogP contribution in [0.15, 0.2) is 30.5 Å². The summed E-state index contributed by atoms with van der Waals surface area (Å²) in [5.74, 6) is -31.8. The van der Waals surface area contributed by atoms with Crippen LogP contribution in [-0.4, -0.2) is 270 Å². The number of esters is 1. The molecule has 1 aromatic heterocycles. The van der Waals surface area contributed by atoms with Crippen molar-refractivity contribution in [1.29, 1.82) is 0 Å². The van der Waals surface area contributed by atoms with Gasteiger partial charge in [0.2, 0.25) is 88.6 Å². The largest absolute Gasteiger partial charge is 0.481 e. The number of para-hydroxylation sites is 1. The highest BCUT2D eigenvalue weighted by molar-refractivity contribution is 6.02. The van der Waals surface area contributed by atoms with Gasteiger partial charge < -0.3 is 126 Å². The Balaban J connectivity index is 2.29. The third-order valence-corrected chi connectivity index (χ3v) is 18.7. The fourth-order valence-electron chi connectivity index (χ4n) is 11.9. The summed E-state index contributed by atoms with van der Waals surface area (Å²) in [5, 5.41) is 88.2. The number of nitrogens with zero attached hydrogens (tertiary/aromatic N) is 1. The van der Waals surface area contributed by atoms with Crippen molar-refractivity contribution in [3.8, 4) is 0 Å². The van der Waals surface area contributed by atoms with Crippen molar-refractivity contribution in [2.75, 3.05) is 26.7 Å². The number of hydrogen-bond donors (Lipinski definition) is 22. The molecule has 3 rings (SSSR count). The van der Waals surface area contributed by atoms with Crippen molar-refractivity contribution in [2.45, 2.75) is 242 Å². The summed E-state index contributed by atoms with van der Waals surface area (Å²) in [6, 6.07) is -16.1. The molecule has 25 N–H and O–H groups in total. The van der Waals surface area contributed by atoms with Crippen LogP contribution in [0.4, 0.5) is 0 Å². The molecule has 0 aliphatic carbocycles. The Bertz CT molecular complexity index is 3860. The Hall–Kier alpha value is -12.0. The number of aliphatic carboxylic acids is 4. The fraction of sp³-hybridized carbons (Fsp3) is 0.611. The second-order valence-electron chi connectivity index (χ2n) is 28.2. The van der Waals surface area contributed by atoms with Crippen LogP contribution in [0, 0.1) is 11.8 Å². The van der Waals surface area contributed by atoms with E-state index in [9.17, 15) is 127 Å². The number of aliphatic hydroxyl groups excluding tert-OH is 2. The number of amides is 15. The van der Waals surface area contributed by atoms with Gasteiger partial charge in [0, 0.05) is 43.4 Å². The number of likely N-dealkylation sites (N-methyl/N-ethyl adjacent to an activating group) is 1. The third kappa shape index (κ3) is 32.9. The number of carbonyl (C=O) groups excluding carboxylic acids is 16. The number of carboxylic acids is 4. The number of ether oxygens (including phenoxy) is 1. The molecule has 116 heavy (non-hydrogen) atoms. The van der Waals surface area contributed by atoms with E-state index in [2.05, 4.69) is 54.4 Å². The molecule has 0 bridgehead atoms. The molecule has 2 aromatic rings. The second kappa shape index (κ2) is 49.0. The summed E-state index contributed by atoms with van der Waals surface area (Å²) in [6.07, 6.45) is -5.77. The molecule has 0 saturated carbocycles. The fourth-order valence-corrected chi connectivity index (χ4v) is 11.9. The predicted molar refractivity (Wildman–Crippen MR) is 403 cm³/mol. The van der Waals surface area contributed by atoms with Gasteiger partial charge in [0.1, 0.15) is 72.6 Å². The van der Waals surface area contributed by atoms with E-state index >= 15 is 0 Å². The Morgan fingerprint density at radius 2 is 1.20 bits per heavy atom. The molecule has 44 nitrogen and oxygen atoms in total. The van der Waals surface area contributed by atoms with Crippen LogP contribution < -0.4 is 81.0 Å². The minimum Gasteiger partial charge on any atom is -0.481 e. The van der Waals surface area contributed by atoms with Crippen LogP contribution >= 0.6 is 0 Å². The van der Waals surface area contributed by atoms with Crippen molar-refractivity contribution in [2.24, 2.45) is 29.0 Å². The molecule has 1 aromatic carbocycles. The number of aliphatic hydroxyl groups is 2. The van der Waals surface area contributed by atoms with Crippen LogP contribution in [-0.2, 0) is 107 Å². The Morgan fingerprint density at radius 3 is 1.80 bits per heavy atom. The van der Waals surface area contributed by atoms with Crippen LogP contribution in [0.25, 0.3) is 10.9 Å². The van der Waals surface area contributed by atoms with Crippen LogP contribution in [0.1, 0.15) is 156 Å². The van der Waals surface area contributed by atoms with E-state index in [-0.39, 0.29) is 38.6 Å². The smallest absolute Gasteiger partial charge is 0.335 e. The summed E-state index contributed by atoms with van der Waals surface area (Å²) < 4.78 is 5.76. The lowest BCUT2D eigenvalue weighted by molar-refractivity contribution is -0.159. The van der Waals surface area contributed by atoms with Crippen molar-refractivity contribution < 1.29 is 131 Å². The SMILES string of the molecule is CCCCCCCCCC(=O)NC(Cc1c[nH]c2ccccc12)C(=O)NC(CCC(=O)O)C(=O)NC(C(=O)NC1C(=O)N(C)CC(=O)NC(C)C(=O)NC(CC(=O)O)C(=O)NC(CCCCN)C(=O)NC(C(O)C(=O)O)C(=O)NCC(=O)NC(CC(N)=O)C(=O)NC(C(C)CC(=O)O)C(=O)NC(C(C)CC)C(=O)OC1C)C(O)C(N)=O. The summed E-state index contributed by atoms with van der Waals surface area (Å²) >= 11 is 0. The second-order valence-corrected chi connectivity index (χ2v) is 28.2. The highest BCUT2D eigenvalue weighted by atomic mass is 16.5. The normalized spacial score (nSPS) is 22.1. The maximum Gasteiger partial charge on any atom is 0.335 e. The van der Waals surface area contributed by atoms with Crippen LogP contribution in [0.2, 0.25) is 0 Å². The van der Waals surface area contributed by atoms with Gasteiger partial charge in [-0.2, -0.15) is 0 Å². The van der Waals surface area contributed by atoms with E-state index in [1.807, 2.05) is 21.3 Å². The van der Waals surface area contributed by atoms with Gasteiger partial charge >= 0.3 is 29.8 Å². The molecule has 44 heteroatoms.